The maximum absolute atomic E-state index is 12.9. The number of hydrogen-bond acceptors (Lipinski definition) is 9. The molecule has 1 aliphatic rings. The fraction of sp³-hybridized carbons (Fsp3) is 0.333. The highest BCUT2D eigenvalue weighted by Gasteiger charge is 2.39. The fourth-order valence-electron chi connectivity index (χ4n) is 3.83. The van der Waals surface area contributed by atoms with Gasteiger partial charge in [-0.05, 0) is 44.5 Å². The van der Waals surface area contributed by atoms with Gasteiger partial charge in [0.25, 0.3) is 10.1 Å². The number of methoxy groups -OCH3 is 1. The first kappa shape index (κ1) is 32.0. The highest BCUT2D eigenvalue weighted by atomic mass is 35.5. The number of esters is 2. The van der Waals surface area contributed by atoms with E-state index in [9.17, 15) is 18.0 Å². The zero-order valence-corrected chi connectivity index (χ0v) is 23.8. The Morgan fingerprint density at radius 2 is 1.69 bits per heavy atom. The molecule has 4 N–H and O–H groups in total. The summed E-state index contributed by atoms with van der Waals surface area (Å²) in [6.45, 7) is 6.26. The first-order chi connectivity index (χ1) is 18.5. The molecule has 0 unspecified atom stereocenters. The minimum Gasteiger partial charge on any atom is -0.466 e. The van der Waals surface area contributed by atoms with Gasteiger partial charge in [-0.2, -0.15) is 8.42 Å². The lowest BCUT2D eigenvalue weighted by molar-refractivity contribution is -0.139. The molecule has 0 spiro atoms. The summed E-state index contributed by atoms with van der Waals surface area (Å²) in [6.07, 6.45) is 0. The quantitative estimate of drug-likeness (QED) is 0.228. The average Bonchev–Trinajstić information content (AvgIpc) is 2.88. The zero-order chi connectivity index (χ0) is 29.2. The van der Waals surface area contributed by atoms with Crippen molar-refractivity contribution in [3.05, 3.63) is 87.2 Å². The molecule has 2 aromatic rings. The molecule has 2 aromatic carbocycles. The number of aryl methyl sites for hydroxylation is 1. The van der Waals surface area contributed by atoms with Gasteiger partial charge < -0.3 is 25.3 Å². The minimum absolute atomic E-state index is 0.0666. The van der Waals surface area contributed by atoms with Crippen molar-refractivity contribution in [1.82, 2.24) is 5.32 Å². The minimum atomic E-state index is -4.02. The van der Waals surface area contributed by atoms with Gasteiger partial charge in [-0.3, -0.25) is 4.55 Å². The number of carbonyl (C=O) groups excluding carboxylic acids is 2. The maximum atomic E-state index is 12.9. The highest BCUT2D eigenvalue weighted by molar-refractivity contribution is 7.85. The molecule has 0 saturated heterocycles. The highest BCUT2D eigenvalue weighted by Crippen LogP contribution is 2.41. The summed E-state index contributed by atoms with van der Waals surface area (Å²) in [7, 11) is -2.73. The first-order valence-electron chi connectivity index (χ1n) is 12.0. The Morgan fingerprint density at radius 1 is 1.05 bits per heavy atom. The molecule has 12 heteroatoms. The topological polar surface area (TPSA) is 154 Å². The summed E-state index contributed by atoms with van der Waals surface area (Å²) in [5.41, 5.74) is 8.66. The Kier molecular flexibility index (Phi) is 12.1. The summed E-state index contributed by atoms with van der Waals surface area (Å²) in [4.78, 5) is 25.4. The monoisotopic (exact) mass is 580 g/mol. The predicted molar refractivity (Wildman–Crippen MR) is 147 cm³/mol. The molecule has 0 radical (unpaired) electrons. The molecule has 0 aliphatic carbocycles. The van der Waals surface area contributed by atoms with Crippen LogP contribution in [0, 0.1) is 6.92 Å². The van der Waals surface area contributed by atoms with Crippen molar-refractivity contribution in [2.45, 2.75) is 31.6 Å². The van der Waals surface area contributed by atoms with Crippen LogP contribution in [0.2, 0.25) is 5.02 Å². The van der Waals surface area contributed by atoms with Gasteiger partial charge in [-0.25, -0.2) is 9.59 Å². The second kappa shape index (κ2) is 14.8. The normalized spacial score (nSPS) is 15.2. The van der Waals surface area contributed by atoms with Crippen molar-refractivity contribution in [3.63, 3.8) is 0 Å². The van der Waals surface area contributed by atoms with E-state index in [0.717, 1.165) is 5.56 Å². The van der Waals surface area contributed by atoms with Crippen LogP contribution >= 0.6 is 11.6 Å². The lowest BCUT2D eigenvalue weighted by Crippen LogP contribution is -2.35. The van der Waals surface area contributed by atoms with Crippen LogP contribution < -0.4 is 11.1 Å². The van der Waals surface area contributed by atoms with E-state index in [1.165, 1.54) is 19.2 Å². The molecule has 39 heavy (non-hydrogen) atoms. The van der Waals surface area contributed by atoms with Crippen molar-refractivity contribution < 1.29 is 36.8 Å². The van der Waals surface area contributed by atoms with Crippen molar-refractivity contribution in [2.24, 2.45) is 5.73 Å². The van der Waals surface area contributed by atoms with Crippen LogP contribution in [0.4, 0.5) is 0 Å². The maximum Gasteiger partial charge on any atom is 0.336 e. The number of hydrogen-bond donors (Lipinski definition) is 3. The number of nitrogens with two attached hydrogens (primary N) is 1. The van der Waals surface area contributed by atoms with E-state index >= 15 is 0 Å². The van der Waals surface area contributed by atoms with Gasteiger partial charge in [-0.15, -0.1) is 0 Å². The largest absolute Gasteiger partial charge is 0.466 e. The fourth-order valence-corrected chi connectivity index (χ4v) is 4.55. The first-order valence-corrected chi connectivity index (χ1v) is 13.8. The summed E-state index contributed by atoms with van der Waals surface area (Å²) in [5.74, 6) is -1.86. The number of halogens is 1. The molecule has 10 nitrogen and oxygen atoms in total. The molecule has 1 heterocycles. The van der Waals surface area contributed by atoms with Gasteiger partial charge in [0, 0.05) is 17.3 Å². The van der Waals surface area contributed by atoms with Crippen LogP contribution in [-0.2, 0) is 33.9 Å². The number of ether oxygens (including phenoxy) is 3. The van der Waals surface area contributed by atoms with Crippen molar-refractivity contribution in [1.29, 1.82) is 0 Å². The summed E-state index contributed by atoms with van der Waals surface area (Å²) < 4.78 is 45.3. The number of nitrogens with one attached hydrogen (secondary N) is 1. The van der Waals surface area contributed by atoms with Crippen LogP contribution in [0.3, 0.4) is 0 Å². The molecule has 0 aromatic heterocycles. The third-order valence-corrected chi connectivity index (χ3v) is 6.80. The molecule has 0 amide bonds. The van der Waals surface area contributed by atoms with Crippen molar-refractivity contribution in [2.75, 3.05) is 33.5 Å². The molecule has 0 saturated carbocycles. The lowest BCUT2D eigenvalue weighted by Gasteiger charge is -2.31. The van der Waals surface area contributed by atoms with Gasteiger partial charge in [-0.1, -0.05) is 47.5 Å². The van der Waals surface area contributed by atoms with E-state index in [1.54, 1.807) is 50.2 Å². The van der Waals surface area contributed by atoms with Crippen LogP contribution in [0.25, 0.3) is 0 Å². The SMILES string of the molecule is CCOC(=O)C1=C(COCCN)NC(C)=C(C(=O)OC)[C@@H]1c1ccccc1Cl.Cc1ccc(S(=O)(=O)O)cc1. The van der Waals surface area contributed by atoms with Crippen LogP contribution in [0.1, 0.15) is 30.9 Å². The van der Waals surface area contributed by atoms with E-state index < -0.39 is 28.0 Å². The Morgan fingerprint density at radius 3 is 2.23 bits per heavy atom. The summed E-state index contributed by atoms with van der Waals surface area (Å²) >= 11 is 6.42. The molecule has 0 fully saturated rings. The zero-order valence-electron chi connectivity index (χ0n) is 22.2. The number of rotatable bonds is 9. The second-order valence-corrected chi connectivity index (χ2v) is 10.2. The van der Waals surface area contributed by atoms with Crippen molar-refractivity contribution >= 4 is 33.7 Å². The van der Waals surface area contributed by atoms with E-state index in [-0.39, 0.29) is 23.7 Å². The standard InChI is InChI=1S/C20H25ClN2O5.C7H8O3S/c1-4-28-20(25)18-15(11-27-10-9-22)23-12(2)16(19(24)26-3)17(18)13-7-5-6-8-14(13)21;1-6-2-4-7(5-3-6)11(8,9)10/h5-8,17,23H,4,9-11,22H2,1-3H3;2-5H,1H3,(H,8,9,10)/t17-;/m0./s1. The number of dihydropyridines is 1. The number of carbonyl (C=O) groups is 2. The Bertz CT molecular complexity index is 1340. The smallest absolute Gasteiger partial charge is 0.336 e. The summed E-state index contributed by atoms with van der Waals surface area (Å²) in [5, 5.41) is 3.52. The third-order valence-electron chi connectivity index (χ3n) is 5.59. The Labute approximate surface area is 233 Å². The number of benzene rings is 2. The van der Waals surface area contributed by atoms with Gasteiger partial charge >= 0.3 is 11.9 Å². The lowest BCUT2D eigenvalue weighted by atomic mass is 9.80. The van der Waals surface area contributed by atoms with E-state index in [2.05, 4.69) is 5.32 Å². The van der Waals surface area contributed by atoms with Crippen LogP contribution in [-0.4, -0.2) is 58.4 Å². The molecule has 1 aliphatic heterocycles. The summed E-state index contributed by atoms with van der Waals surface area (Å²) in [6, 6.07) is 13.0. The Balaban J connectivity index is 0.000000404. The van der Waals surface area contributed by atoms with E-state index in [4.69, 9.17) is 36.1 Å². The molecular formula is C27H33ClN2O8S. The molecule has 212 valence electrons. The van der Waals surface area contributed by atoms with Crippen LogP contribution in [0.5, 0.6) is 0 Å². The third kappa shape index (κ3) is 8.64. The second-order valence-electron chi connectivity index (χ2n) is 8.35. The van der Waals surface area contributed by atoms with Gasteiger partial charge in [0.05, 0.1) is 54.6 Å². The number of allylic oxidation sites excluding steroid dienone is 1. The molecular weight excluding hydrogens is 548 g/mol. The van der Waals surface area contributed by atoms with Crippen LogP contribution in [0.15, 0.2) is 76.0 Å². The van der Waals surface area contributed by atoms with Gasteiger partial charge in [0.2, 0.25) is 0 Å². The van der Waals surface area contributed by atoms with Gasteiger partial charge in [0.1, 0.15) is 0 Å². The van der Waals surface area contributed by atoms with Gasteiger partial charge in [0.15, 0.2) is 0 Å². The Hall–Kier alpha value is -3.22. The average molecular weight is 581 g/mol. The molecule has 3 rings (SSSR count). The van der Waals surface area contributed by atoms with E-state index in [0.29, 0.717) is 40.7 Å². The molecule has 0 bridgehead atoms. The molecule has 1 atom stereocenters. The van der Waals surface area contributed by atoms with Crippen molar-refractivity contribution in [3.8, 4) is 0 Å². The predicted octanol–water partition coefficient (Wildman–Crippen LogP) is 3.51. The van der Waals surface area contributed by atoms with E-state index in [1.807, 2.05) is 6.92 Å².